The standard InChI is InChI=1S/C10H12N2OS/c1-4-9-6-7-10(11-8-9)14(13)12(3)5-2/h1,6-8H,5H2,2-3H3. The van der Waals surface area contributed by atoms with Crippen LogP contribution < -0.4 is 0 Å². The maximum Gasteiger partial charge on any atom is 0.265 e. The lowest BCUT2D eigenvalue weighted by molar-refractivity contribution is 0.482. The largest absolute Gasteiger partial charge is 0.592 e. The number of nitrogens with zero attached hydrogens (tertiary/aromatic N) is 2. The number of terminal acetylenes is 1. The monoisotopic (exact) mass is 208 g/mol. The molecule has 0 aliphatic carbocycles. The van der Waals surface area contributed by atoms with E-state index in [0.29, 0.717) is 17.1 Å². The Balaban J connectivity index is 2.82. The number of hydrogen-bond donors (Lipinski definition) is 0. The molecule has 0 saturated heterocycles. The summed E-state index contributed by atoms with van der Waals surface area (Å²) in [5, 5.41) is 0.536. The zero-order chi connectivity index (χ0) is 10.6. The van der Waals surface area contributed by atoms with Crippen LogP contribution in [0.4, 0.5) is 0 Å². The van der Waals surface area contributed by atoms with Gasteiger partial charge in [-0.15, -0.1) is 10.7 Å². The highest BCUT2D eigenvalue weighted by atomic mass is 32.2. The lowest BCUT2D eigenvalue weighted by atomic mass is 10.3. The molecule has 1 unspecified atom stereocenters. The van der Waals surface area contributed by atoms with E-state index in [1.165, 1.54) is 0 Å². The van der Waals surface area contributed by atoms with E-state index < -0.39 is 11.4 Å². The molecule has 0 spiro atoms. The van der Waals surface area contributed by atoms with Gasteiger partial charge in [-0.05, 0) is 13.0 Å². The zero-order valence-corrected chi connectivity index (χ0v) is 9.04. The number of hydrogen-bond acceptors (Lipinski definition) is 3. The molecule has 0 amide bonds. The van der Waals surface area contributed by atoms with Crippen molar-refractivity contribution < 1.29 is 4.55 Å². The van der Waals surface area contributed by atoms with Crippen LogP contribution in [0.2, 0.25) is 0 Å². The van der Waals surface area contributed by atoms with E-state index in [4.69, 9.17) is 6.42 Å². The fourth-order valence-corrected chi connectivity index (χ4v) is 1.73. The van der Waals surface area contributed by atoms with Gasteiger partial charge in [0.1, 0.15) is 11.4 Å². The molecule has 0 aromatic carbocycles. The third kappa shape index (κ3) is 2.48. The number of pyridine rings is 1. The molecular weight excluding hydrogens is 196 g/mol. The van der Waals surface area contributed by atoms with Crippen molar-refractivity contribution in [1.82, 2.24) is 9.29 Å². The average Bonchev–Trinajstić information content (AvgIpc) is 2.27. The second-order valence-corrected chi connectivity index (χ2v) is 4.26. The average molecular weight is 208 g/mol. The van der Waals surface area contributed by atoms with Gasteiger partial charge in [-0.2, -0.15) is 0 Å². The number of aromatic nitrogens is 1. The van der Waals surface area contributed by atoms with E-state index in [1.54, 1.807) is 29.7 Å². The minimum atomic E-state index is -1.18. The summed E-state index contributed by atoms with van der Waals surface area (Å²) in [7, 11) is 1.78. The molecule has 0 saturated carbocycles. The van der Waals surface area contributed by atoms with E-state index in [-0.39, 0.29) is 0 Å². The van der Waals surface area contributed by atoms with Crippen molar-refractivity contribution in [2.45, 2.75) is 11.9 Å². The summed E-state index contributed by atoms with van der Waals surface area (Å²) in [4.78, 5) is 4.03. The first-order valence-electron chi connectivity index (χ1n) is 4.24. The molecule has 3 nitrogen and oxygen atoms in total. The van der Waals surface area contributed by atoms with Crippen molar-refractivity contribution in [2.24, 2.45) is 0 Å². The fourth-order valence-electron chi connectivity index (χ4n) is 0.846. The van der Waals surface area contributed by atoms with Gasteiger partial charge in [0.2, 0.25) is 0 Å². The first kappa shape index (κ1) is 11.1. The first-order chi connectivity index (χ1) is 6.69. The van der Waals surface area contributed by atoms with E-state index in [0.717, 1.165) is 0 Å². The topological polar surface area (TPSA) is 39.2 Å². The molecule has 1 atom stereocenters. The molecule has 0 N–H and O–H groups in total. The summed E-state index contributed by atoms with van der Waals surface area (Å²) in [5.74, 6) is 2.46. The van der Waals surface area contributed by atoms with Gasteiger partial charge in [-0.25, -0.2) is 4.98 Å². The minimum Gasteiger partial charge on any atom is -0.592 e. The molecule has 1 heterocycles. The van der Waals surface area contributed by atoms with Crippen molar-refractivity contribution in [2.75, 3.05) is 13.6 Å². The Morgan fingerprint density at radius 1 is 1.64 bits per heavy atom. The minimum absolute atomic E-state index is 0.536. The molecule has 0 fully saturated rings. The lowest BCUT2D eigenvalue weighted by Crippen LogP contribution is -2.27. The smallest absolute Gasteiger partial charge is 0.265 e. The molecule has 1 rings (SSSR count). The van der Waals surface area contributed by atoms with Crippen LogP contribution >= 0.6 is 0 Å². The normalized spacial score (nSPS) is 12.5. The zero-order valence-electron chi connectivity index (χ0n) is 8.23. The Morgan fingerprint density at radius 3 is 2.79 bits per heavy atom. The lowest BCUT2D eigenvalue weighted by Gasteiger charge is -2.16. The van der Waals surface area contributed by atoms with Crippen molar-refractivity contribution in [1.29, 1.82) is 0 Å². The van der Waals surface area contributed by atoms with Crippen LogP contribution in [-0.4, -0.2) is 27.4 Å². The summed E-state index contributed by atoms with van der Waals surface area (Å²) in [5.41, 5.74) is 0.699. The highest BCUT2D eigenvalue weighted by Crippen LogP contribution is 2.10. The molecular formula is C10H12N2OS. The van der Waals surface area contributed by atoms with Crippen molar-refractivity contribution in [3.05, 3.63) is 23.9 Å². The van der Waals surface area contributed by atoms with Gasteiger partial charge < -0.3 is 4.55 Å². The fraction of sp³-hybridized carbons (Fsp3) is 0.300. The van der Waals surface area contributed by atoms with E-state index in [2.05, 4.69) is 10.9 Å². The van der Waals surface area contributed by atoms with Gasteiger partial charge in [0, 0.05) is 31.4 Å². The van der Waals surface area contributed by atoms with Crippen LogP contribution in [0.25, 0.3) is 0 Å². The van der Waals surface area contributed by atoms with Gasteiger partial charge in [0.25, 0.3) is 5.03 Å². The maximum absolute atomic E-state index is 11.7. The molecule has 0 radical (unpaired) electrons. The molecule has 14 heavy (non-hydrogen) atoms. The first-order valence-corrected chi connectivity index (χ1v) is 5.35. The van der Waals surface area contributed by atoms with Crippen LogP contribution in [0.3, 0.4) is 0 Å². The van der Waals surface area contributed by atoms with Gasteiger partial charge in [-0.1, -0.05) is 5.92 Å². The quantitative estimate of drug-likeness (QED) is 0.550. The predicted molar refractivity (Wildman–Crippen MR) is 56.9 cm³/mol. The molecule has 1 aromatic rings. The van der Waals surface area contributed by atoms with Crippen LogP contribution in [0.5, 0.6) is 0 Å². The summed E-state index contributed by atoms with van der Waals surface area (Å²) < 4.78 is 13.4. The van der Waals surface area contributed by atoms with Gasteiger partial charge in [-0.3, -0.25) is 0 Å². The molecule has 0 aliphatic heterocycles. The van der Waals surface area contributed by atoms with Crippen molar-refractivity contribution >= 4 is 11.4 Å². The summed E-state index contributed by atoms with van der Waals surface area (Å²) >= 11 is -1.18. The van der Waals surface area contributed by atoms with Gasteiger partial charge in [0.05, 0.1) is 0 Å². The van der Waals surface area contributed by atoms with Gasteiger partial charge >= 0.3 is 0 Å². The summed E-state index contributed by atoms with van der Waals surface area (Å²) in [6.07, 6.45) is 6.74. The molecule has 0 aliphatic rings. The predicted octanol–water partition coefficient (Wildman–Crippen LogP) is 1.04. The molecule has 74 valence electrons. The third-order valence-electron chi connectivity index (χ3n) is 1.81. The highest BCUT2D eigenvalue weighted by Gasteiger charge is 2.17. The van der Waals surface area contributed by atoms with Crippen LogP contribution in [0, 0.1) is 12.3 Å². The summed E-state index contributed by atoms with van der Waals surface area (Å²) in [6, 6.07) is 3.43. The van der Waals surface area contributed by atoms with E-state index >= 15 is 0 Å². The second kappa shape index (κ2) is 5.01. The van der Waals surface area contributed by atoms with Crippen LogP contribution in [-0.2, 0) is 11.4 Å². The molecule has 1 aromatic heterocycles. The van der Waals surface area contributed by atoms with Gasteiger partial charge in [0.15, 0.2) is 0 Å². The molecule has 0 bridgehead atoms. The SMILES string of the molecule is C#Cc1ccc([S+]([O-])N(C)CC)nc1. The maximum atomic E-state index is 11.7. The molecule has 4 heteroatoms. The third-order valence-corrected chi connectivity index (χ3v) is 3.23. The van der Waals surface area contributed by atoms with Crippen LogP contribution in [0.1, 0.15) is 12.5 Å². The van der Waals surface area contributed by atoms with Crippen LogP contribution in [0.15, 0.2) is 23.4 Å². The highest BCUT2D eigenvalue weighted by molar-refractivity contribution is 7.89. The Bertz CT molecular complexity index is 331. The number of rotatable bonds is 3. The Morgan fingerprint density at radius 2 is 2.36 bits per heavy atom. The Labute approximate surface area is 87.5 Å². The second-order valence-electron chi connectivity index (χ2n) is 2.72. The Kier molecular flexibility index (Phi) is 3.96. The summed E-state index contributed by atoms with van der Waals surface area (Å²) in [6.45, 7) is 2.65. The van der Waals surface area contributed by atoms with Crippen molar-refractivity contribution in [3.63, 3.8) is 0 Å². The van der Waals surface area contributed by atoms with E-state index in [9.17, 15) is 4.55 Å². The Hall–Kier alpha value is -1.02. The van der Waals surface area contributed by atoms with Crippen molar-refractivity contribution in [3.8, 4) is 12.3 Å². The van der Waals surface area contributed by atoms with E-state index in [1.807, 2.05) is 6.92 Å².